The molecule has 0 fully saturated rings. The molecule has 2 nitrogen and oxygen atoms in total. The van der Waals surface area contributed by atoms with Crippen LogP contribution in [0.2, 0.25) is 0 Å². The van der Waals surface area contributed by atoms with Gasteiger partial charge in [0.15, 0.2) is 0 Å². The van der Waals surface area contributed by atoms with Crippen LogP contribution >= 0.6 is 12.6 Å². The molecule has 0 rings (SSSR count). The molecule has 0 saturated carbocycles. The molecule has 3 N–H and O–H groups in total. The molecule has 0 heterocycles. The topological polar surface area (TPSA) is 38.0 Å². The van der Waals surface area contributed by atoms with E-state index in [1.165, 1.54) is 0 Å². The van der Waals surface area contributed by atoms with Gasteiger partial charge in [0.25, 0.3) is 0 Å². The lowest BCUT2D eigenvalue weighted by Crippen LogP contribution is -2.02. The lowest BCUT2D eigenvalue weighted by atomic mass is 10.6. The molecule has 0 aliphatic rings. The maximum atomic E-state index is 5.17. The highest BCUT2D eigenvalue weighted by Crippen LogP contribution is 1.91. The molecular weight excluding hydrogens is 108 g/mol. The zero-order chi connectivity index (χ0) is 5.70. The first kappa shape index (κ1) is 6.85. The van der Waals surface area contributed by atoms with Crippen molar-refractivity contribution in [3.05, 3.63) is 11.1 Å². The predicted molar refractivity (Wildman–Crippen MR) is 35.2 cm³/mol. The van der Waals surface area contributed by atoms with Crippen LogP contribution in [0.3, 0.4) is 0 Å². The van der Waals surface area contributed by atoms with Crippen molar-refractivity contribution in [1.82, 2.24) is 5.32 Å². The second-order valence-electron chi connectivity index (χ2n) is 1.13. The summed E-state index contributed by atoms with van der Waals surface area (Å²) in [6.07, 6.45) is 1.75. The number of hydrogen-bond donors (Lipinski definition) is 3. The van der Waals surface area contributed by atoms with E-state index < -0.39 is 0 Å². The van der Waals surface area contributed by atoms with Crippen LogP contribution in [-0.2, 0) is 0 Å². The normalized spacial score (nSPS) is 11.6. The highest BCUT2D eigenvalue weighted by Gasteiger charge is 1.77. The lowest BCUT2D eigenvalue weighted by Gasteiger charge is -1.90. The monoisotopic (exact) mass is 118 g/mol. The van der Waals surface area contributed by atoms with Crippen LogP contribution in [0, 0.1) is 0 Å². The van der Waals surface area contributed by atoms with E-state index >= 15 is 0 Å². The maximum absolute atomic E-state index is 5.17. The highest BCUT2D eigenvalue weighted by molar-refractivity contribution is 7.84. The molecule has 0 aliphatic heterocycles. The third kappa shape index (κ3) is 3.69. The molecule has 0 radical (unpaired) electrons. The molecule has 0 bridgehead atoms. The van der Waals surface area contributed by atoms with E-state index in [1.807, 2.05) is 7.05 Å². The minimum Gasteiger partial charge on any atom is -0.393 e. The van der Waals surface area contributed by atoms with E-state index in [0.29, 0.717) is 6.54 Å². The van der Waals surface area contributed by atoms with Gasteiger partial charge in [0.1, 0.15) is 0 Å². The molecule has 42 valence electrons. The average Bonchev–Trinajstić information content (AvgIpc) is 1.68. The fraction of sp³-hybridized carbons (Fsp3) is 0.500. The first-order valence-electron chi connectivity index (χ1n) is 2.06. The van der Waals surface area contributed by atoms with Gasteiger partial charge in [-0.15, -0.1) is 12.6 Å². The molecule has 0 amide bonds. The van der Waals surface area contributed by atoms with E-state index in [-0.39, 0.29) is 0 Å². The van der Waals surface area contributed by atoms with Crippen LogP contribution in [-0.4, -0.2) is 13.6 Å². The Kier molecular flexibility index (Phi) is 3.93. The smallest absolute Gasteiger partial charge is 0.0250 e. The first-order chi connectivity index (χ1) is 3.31. The second kappa shape index (κ2) is 4.02. The molecule has 0 aliphatic carbocycles. The largest absolute Gasteiger partial charge is 0.393 e. The van der Waals surface area contributed by atoms with Gasteiger partial charge in [-0.3, -0.25) is 0 Å². The number of thiol groups is 1. The van der Waals surface area contributed by atoms with Gasteiger partial charge < -0.3 is 11.1 Å². The Labute approximate surface area is 49.2 Å². The summed E-state index contributed by atoms with van der Waals surface area (Å²) < 4.78 is 0. The lowest BCUT2D eigenvalue weighted by molar-refractivity contribution is 1.07. The van der Waals surface area contributed by atoms with E-state index in [2.05, 4.69) is 17.9 Å². The summed E-state index contributed by atoms with van der Waals surface area (Å²) in [6.45, 7) is 0.504. The van der Waals surface area contributed by atoms with Gasteiger partial charge in [0.05, 0.1) is 0 Å². The number of rotatable bonds is 2. The van der Waals surface area contributed by atoms with E-state index in [4.69, 9.17) is 5.73 Å². The Morgan fingerprint density at radius 3 is 2.71 bits per heavy atom. The third-order valence-corrected chi connectivity index (χ3v) is 0.832. The Bertz CT molecular complexity index is 70.1. The first-order valence-corrected chi connectivity index (χ1v) is 2.51. The molecule has 0 aromatic carbocycles. The van der Waals surface area contributed by atoms with Crippen molar-refractivity contribution >= 4 is 12.6 Å². The van der Waals surface area contributed by atoms with E-state index in [1.54, 1.807) is 6.20 Å². The number of nitrogens with one attached hydrogen (secondary N) is 1. The van der Waals surface area contributed by atoms with Gasteiger partial charge in [0, 0.05) is 24.7 Å². The van der Waals surface area contributed by atoms with Crippen molar-refractivity contribution in [2.75, 3.05) is 13.6 Å². The Balaban J connectivity index is 3.29. The minimum absolute atomic E-state index is 0.504. The fourth-order valence-corrected chi connectivity index (χ4v) is 0.355. The summed E-state index contributed by atoms with van der Waals surface area (Å²) >= 11 is 3.98. The summed E-state index contributed by atoms with van der Waals surface area (Å²) in [5.41, 5.74) is 5.17. The summed E-state index contributed by atoms with van der Waals surface area (Å²) in [7, 11) is 1.81. The van der Waals surface area contributed by atoms with Crippen LogP contribution in [0.1, 0.15) is 0 Å². The molecular formula is C4H10N2S. The standard InChI is InChI=1S/C4H10N2S/c1-6-3-4(7)2-5/h3,6-7H,2,5H2,1H3/b4-3-. The Hall–Kier alpha value is -0.150. The SMILES string of the molecule is CN/C=C(\S)CN. The van der Waals surface area contributed by atoms with Crippen molar-refractivity contribution < 1.29 is 0 Å². The number of nitrogens with two attached hydrogens (primary N) is 1. The van der Waals surface area contributed by atoms with Gasteiger partial charge in [0.2, 0.25) is 0 Å². The van der Waals surface area contributed by atoms with Crippen LogP contribution in [0.5, 0.6) is 0 Å². The summed E-state index contributed by atoms with van der Waals surface area (Å²) in [5.74, 6) is 0. The van der Waals surface area contributed by atoms with Gasteiger partial charge in [-0.2, -0.15) is 0 Å². The Morgan fingerprint density at radius 1 is 2.00 bits per heavy atom. The van der Waals surface area contributed by atoms with Crippen molar-refractivity contribution in [2.24, 2.45) is 5.73 Å². The van der Waals surface area contributed by atoms with Crippen LogP contribution in [0.25, 0.3) is 0 Å². The Morgan fingerprint density at radius 2 is 2.57 bits per heavy atom. The summed E-state index contributed by atoms with van der Waals surface area (Å²) in [6, 6.07) is 0. The van der Waals surface area contributed by atoms with Crippen molar-refractivity contribution in [3.63, 3.8) is 0 Å². The summed E-state index contributed by atoms with van der Waals surface area (Å²) in [4.78, 5) is 0.863. The van der Waals surface area contributed by atoms with E-state index in [0.717, 1.165) is 4.91 Å². The number of hydrogen-bond acceptors (Lipinski definition) is 3. The zero-order valence-corrected chi connectivity index (χ0v) is 5.20. The molecule has 0 spiro atoms. The van der Waals surface area contributed by atoms with Gasteiger partial charge in [-0.05, 0) is 0 Å². The highest BCUT2D eigenvalue weighted by atomic mass is 32.1. The molecule has 3 heteroatoms. The predicted octanol–water partition coefficient (Wildman–Crippen LogP) is -0.0643. The molecule has 0 saturated heterocycles. The van der Waals surface area contributed by atoms with Gasteiger partial charge in [-0.1, -0.05) is 0 Å². The van der Waals surface area contributed by atoms with Crippen LogP contribution in [0.4, 0.5) is 0 Å². The average molecular weight is 118 g/mol. The molecule has 0 atom stereocenters. The quantitative estimate of drug-likeness (QED) is 0.444. The summed E-state index contributed by atoms with van der Waals surface area (Å²) in [5, 5.41) is 2.80. The van der Waals surface area contributed by atoms with Crippen molar-refractivity contribution in [3.8, 4) is 0 Å². The van der Waals surface area contributed by atoms with Gasteiger partial charge in [-0.25, -0.2) is 0 Å². The van der Waals surface area contributed by atoms with Crippen molar-refractivity contribution in [2.45, 2.75) is 0 Å². The van der Waals surface area contributed by atoms with Crippen LogP contribution < -0.4 is 11.1 Å². The third-order valence-electron chi connectivity index (χ3n) is 0.520. The molecule has 0 unspecified atom stereocenters. The zero-order valence-electron chi connectivity index (χ0n) is 4.31. The maximum Gasteiger partial charge on any atom is 0.0250 e. The van der Waals surface area contributed by atoms with Gasteiger partial charge >= 0.3 is 0 Å². The van der Waals surface area contributed by atoms with Crippen LogP contribution in [0.15, 0.2) is 11.1 Å². The van der Waals surface area contributed by atoms with E-state index in [9.17, 15) is 0 Å². The second-order valence-corrected chi connectivity index (χ2v) is 1.70. The molecule has 0 aromatic heterocycles. The molecule has 0 aromatic rings. The molecule has 7 heavy (non-hydrogen) atoms. The fourth-order valence-electron chi connectivity index (χ4n) is 0.226. The van der Waals surface area contributed by atoms with Crippen molar-refractivity contribution in [1.29, 1.82) is 0 Å². The minimum atomic E-state index is 0.504.